The smallest absolute Gasteiger partial charge is 0.164 e. The zero-order valence-electron chi connectivity index (χ0n) is 17.1. The van der Waals surface area contributed by atoms with Crippen molar-refractivity contribution in [3.8, 4) is 22.8 Å². The lowest BCUT2D eigenvalue weighted by Gasteiger charge is -2.02. The Morgan fingerprint density at radius 1 is 0.600 bits per heavy atom. The molecule has 0 saturated heterocycles. The fraction of sp³-hybridized carbons (Fsp3) is 0.600. The Morgan fingerprint density at radius 2 is 1.03 bits per heavy atom. The Balaban J connectivity index is 1.62. The van der Waals surface area contributed by atoms with Crippen LogP contribution in [0.25, 0.3) is 22.8 Å². The van der Waals surface area contributed by atoms with Crippen LogP contribution >= 0.6 is 31.9 Å². The third kappa shape index (κ3) is 6.94. The molecule has 162 valence electrons. The van der Waals surface area contributed by atoms with E-state index in [-0.39, 0.29) is 0 Å². The van der Waals surface area contributed by atoms with E-state index in [0.717, 1.165) is 47.7 Å². The second-order valence-electron chi connectivity index (χ2n) is 7.17. The molecule has 3 rings (SSSR count). The SMILES string of the molecule is BrCCCCCCn1nnc(-c2ccccc2-c2nnn(CCCCCCBr)n2)n1. The normalized spacial score (nSPS) is 11.3. The van der Waals surface area contributed by atoms with Gasteiger partial charge in [-0.3, -0.25) is 0 Å². The van der Waals surface area contributed by atoms with Crippen molar-refractivity contribution >= 4 is 31.9 Å². The number of hydrogen-bond donors (Lipinski definition) is 0. The lowest BCUT2D eigenvalue weighted by Crippen LogP contribution is -2.03. The van der Waals surface area contributed by atoms with E-state index < -0.39 is 0 Å². The molecule has 2 heterocycles. The number of rotatable bonds is 14. The molecule has 30 heavy (non-hydrogen) atoms. The first-order valence-corrected chi connectivity index (χ1v) is 12.8. The van der Waals surface area contributed by atoms with Crippen LogP contribution in [0.3, 0.4) is 0 Å². The maximum atomic E-state index is 4.57. The predicted octanol–water partition coefficient (Wildman–Crippen LogP) is 4.90. The largest absolute Gasteiger partial charge is 0.205 e. The highest BCUT2D eigenvalue weighted by molar-refractivity contribution is 9.09. The molecular weight excluding hydrogens is 512 g/mol. The summed E-state index contributed by atoms with van der Waals surface area (Å²) in [6.45, 7) is 1.56. The van der Waals surface area contributed by atoms with Crippen molar-refractivity contribution in [1.29, 1.82) is 0 Å². The molecule has 0 atom stereocenters. The second-order valence-corrected chi connectivity index (χ2v) is 8.76. The molecule has 8 nitrogen and oxygen atoms in total. The molecule has 0 spiro atoms. The third-order valence-electron chi connectivity index (χ3n) is 4.80. The van der Waals surface area contributed by atoms with E-state index >= 15 is 0 Å². The van der Waals surface area contributed by atoms with Gasteiger partial charge in [0.2, 0.25) is 11.6 Å². The van der Waals surface area contributed by atoms with Gasteiger partial charge < -0.3 is 0 Å². The highest BCUT2D eigenvalue weighted by atomic mass is 79.9. The molecular formula is C20H28Br2N8. The average molecular weight is 540 g/mol. The maximum absolute atomic E-state index is 4.57. The molecule has 0 amide bonds. The van der Waals surface area contributed by atoms with Crippen molar-refractivity contribution < 1.29 is 0 Å². The van der Waals surface area contributed by atoms with Crippen LogP contribution in [-0.4, -0.2) is 51.1 Å². The Morgan fingerprint density at radius 3 is 1.47 bits per heavy atom. The van der Waals surface area contributed by atoms with Gasteiger partial charge >= 0.3 is 0 Å². The zero-order valence-corrected chi connectivity index (χ0v) is 20.3. The molecule has 0 fully saturated rings. The van der Waals surface area contributed by atoms with Crippen LogP contribution in [0.4, 0.5) is 0 Å². The first kappa shape index (κ1) is 23.0. The van der Waals surface area contributed by atoms with Gasteiger partial charge in [0.05, 0.1) is 13.1 Å². The number of tetrazole rings is 2. The topological polar surface area (TPSA) is 87.2 Å². The summed E-state index contributed by atoms with van der Waals surface area (Å²) < 4.78 is 0. The zero-order chi connectivity index (χ0) is 21.0. The fourth-order valence-electron chi connectivity index (χ4n) is 3.17. The van der Waals surface area contributed by atoms with Crippen LogP contribution in [0.2, 0.25) is 0 Å². The Labute approximate surface area is 194 Å². The first-order chi connectivity index (χ1) is 14.8. The number of aryl methyl sites for hydroxylation is 2. The number of benzene rings is 1. The lowest BCUT2D eigenvalue weighted by atomic mass is 10.1. The average Bonchev–Trinajstić information content (AvgIpc) is 3.43. The summed E-state index contributed by atoms with van der Waals surface area (Å²) in [5.74, 6) is 1.19. The number of hydrogen-bond acceptors (Lipinski definition) is 6. The molecule has 0 aliphatic rings. The van der Waals surface area contributed by atoms with Crippen molar-refractivity contribution in [2.75, 3.05) is 10.7 Å². The van der Waals surface area contributed by atoms with Gasteiger partial charge in [0.25, 0.3) is 0 Å². The van der Waals surface area contributed by atoms with Gasteiger partial charge in [0.15, 0.2) is 0 Å². The van der Waals surface area contributed by atoms with Gasteiger partial charge in [0, 0.05) is 21.8 Å². The predicted molar refractivity (Wildman–Crippen MR) is 125 cm³/mol. The molecule has 0 aliphatic carbocycles. The van der Waals surface area contributed by atoms with E-state index in [1.807, 2.05) is 24.3 Å². The summed E-state index contributed by atoms with van der Waals surface area (Å²) in [6.07, 6.45) is 9.28. The molecule has 1 aromatic carbocycles. The lowest BCUT2D eigenvalue weighted by molar-refractivity contribution is 0.480. The van der Waals surface area contributed by atoms with Gasteiger partial charge in [-0.1, -0.05) is 81.8 Å². The van der Waals surface area contributed by atoms with Gasteiger partial charge in [-0.25, -0.2) is 0 Å². The van der Waals surface area contributed by atoms with E-state index in [4.69, 9.17) is 0 Å². The standard InChI is InChI=1S/C20H28Br2N8/c21-13-7-1-3-9-15-29-25-19(23-27-29)17-11-5-6-12-18(17)20-24-28-30(26-20)16-10-4-2-8-14-22/h5-6,11-12H,1-4,7-10,13-16H2. The molecule has 0 unspecified atom stereocenters. The van der Waals surface area contributed by atoms with Crippen LogP contribution < -0.4 is 0 Å². The summed E-state index contributed by atoms with van der Waals surface area (Å²) >= 11 is 6.93. The van der Waals surface area contributed by atoms with E-state index in [9.17, 15) is 0 Å². The van der Waals surface area contributed by atoms with E-state index in [1.165, 1.54) is 38.5 Å². The number of nitrogens with zero attached hydrogens (tertiary/aromatic N) is 8. The molecule has 0 bridgehead atoms. The van der Waals surface area contributed by atoms with Gasteiger partial charge in [-0.05, 0) is 36.1 Å². The molecule has 0 aliphatic heterocycles. The minimum Gasteiger partial charge on any atom is -0.164 e. The highest BCUT2D eigenvalue weighted by Gasteiger charge is 2.15. The number of aromatic nitrogens is 8. The van der Waals surface area contributed by atoms with Crippen molar-refractivity contribution in [3.63, 3.8) is 0 Å². The van der Waals surface area contributed by atoms with Crippen LogP contribution in [0.15, 0.2) is 24.3 Å². The summed E-state index contributed by atoms with van der Waals surface area (Å²) in [7, 11) is 0. The number of alkyl halides is 2. The maximum Gasteiger partial charge on any atom is 0.205 e. The quantitative estimate of drug-likeness (QED) is 0.214. The minimum absolute atomic E-state index is 0.595. The molecule has 0 radical (unpaired) electrons. The summed E-state index contributed by atoms with van der Waals surface area (Å²) in [5.41, 5.74) is 1.75. The molecule has 3 aromatic rings. The van der Waals surface area contributed by atoms with Crippen LogP contribution in [0, 0.1) is 0 Å². The summed E-state index contributed by atoms with van der Waals surface area (Å²) in [5, 5.41) is 28.2. The Bertz CT molecular complexity index is 808. The van der Waals surface area contributed by atoms with Crippen molar-refractivity contribution in [3.05, 3.63) is 24.3 Å². The Kier molecular flexibility index (Phi) is 9.88. The van der Waals surface area contributed by atoms with Gasteiger partial charge in [-0.2, -0.15) is 9.59 Å². The van der Waals surface area contributed by atoms with E-state index in [1.54, 1.807) is 9.59 Å². The highest BCUT2D eigenvalue weighted by Crippen LogP contribution is 2.26. The van der Waals surface area contributed by atoms with Crippen molar-refractivity contribution in [2.24, 2.45) is 0 Å². The van der Waals surface area contributed by atoms with Crippen molar-refractivity contribution in [2.45, 2.75) is 64.5 Å². The van der Waals surface area contributed by atoms with E-state index in [2.05, 4.69) is 62.7 Å². The van der Waals surface area contributed by atoms with Crippen LogP contribution in [-0.2, 0) is 13.1 Å². The van der Waals surface area contributed by atoms with Crippen LogP contribution in [0.1, 0.15) is 51.4 Å². The minimum atomic E-state index is 0.595. The Hall–Kier alpha value is -1.68. The monoisotopic (exact) mass is 538 g/mol. The second kappa shape index (κ2) is 12.9. The third-order valence-corrected chi connectivity index (χ3v) is 5.92. The van der Waals surface area contributed by atoms with Gasteiger partial charge in [-0.15, -0.1) is 20.4 Å². The fourth-order valence-corrected chi connectivity index (χ4v) is 3.96. The molecule has 2 aromatic heterocycles. The van der Waals surface area contributed by atoms with Crippen molar-refractivity contribution in [1.82, 2.24) is 40.4 Å². The van der Waals surface area contributed by atoms with E-state index in [0.29, 0.717) is 11.6 Å². The summed E-state index contributed by atoms with van der Waals surface area (Å²) in [6, 6.07) is 7.89. The van der Waals surface area contributed by atoms with Gasteiger partial charge in [0.1, 0.15) is 0 Å². The number of unbranched alkanes of at least 4 members (excludes halogenated alkanes) is 6. The molecule has 0 N–H and O–H groups in total. The van der Waals surface area contributed by atoms with Crippen LogP contribution in [0.5, 0.6) is 0 Å². The summed E-state index contributed by atoms with van der Waals surface area (Å²) in [4.78, 5) is 3.36. The molecule has 0 saturated carbocycles. The molecule has 10 heteroatoms. The number of halogens is 2. The first-order valence-electron chi connectivity index (χ1n) is 10.6.